The van der Waals surface area contributed by atoms with Crippen LogP contribution in [-0.2, 0) is 16.6 Å². The van der Waals surface area contributed by atoms with Crippen LogP contribution in [0.15, 0.2) is 35.5 Å². The van der Waals surface area contributed by atoms with Crippen molar-refractivity contribution in [2.45, 2.75) is 11.4 Å². The fraction of sp³-hybridized carbons (Fsp3) is 0.100. The molecule has 5 nitrogen and oxygen atoms in total. The summed E-state index contributed by atoms with van der Waals surface area (Å²) in [5.74, 6) is -0.477. The molecule has 1 aromatic carbocycles. The molecule has 0 atom stereocenters. The van der Waals surface area contributed by atoms with E-state index < -0.39 is 15.8 Å². The van der Waals surface area contributed by atoms with Crippen LogP contribution in [0.2, 0.25) is 5.02 Å². The molecule has 96 valence electrons. The van der Waals surface area contributed by atoms with Crippen LogP contribution in [0.25, 0.3) is 0 Å². The molecule has 0 amide bonds. The summed E-state index contributed by atoms with van der Waals surface area (Å²) in [5.41, 5.74) is 0.239. The molecular weight excluding hydrogens is 281 g/mol. The van der Waals surface area contributed by atoms with Gasteiger partial charge in [-0.1, -0.05) is 17.7 Å². The summed E-state index contributed by atoms with van der Waals surface area (Å²) in [6.07, 6.45) is 2.32. The van der Waals surface area contributed by atoms with Gasteiger partial charge < -0.3 is 0 Å². The van der Waals surface area contributed by atoms with Crippen LogP contribution in [0.5, 0.6) is 0 Å². The van der Waals surface area contributed by atoms with Gasteiger partial charge in [-0.2, -0.15) is 5.10 Å². The van der Waals surface area contributed by atoms with Gasteiger partial charge in [-0.25, -0.2) is 17.9 Å². The molecule has 0 unspecified atom stereocenters. The zero-order chi connectivity index (χ0) is 13.3. The summed E-state index contributed by atoms with van der Waals surface area (Å²) in [6.45, 7) is 0.0288. The summed E-state index contributed by atoms with van der Waals surface area (Å²) < 4.78 is 36.9. The van der Waals surface area contributed by atoms with Crippen molar-refractivity contribution in [1.29, 1.82) is 0 Å². The van der Waals surface area contributed by atoms with E-state index in [1.165, 1.54) is 23.0 Å². The first-order valence-electron chi connectivity index (χ1n) is 4.86. The molecule has 8 heteroatoms. The van der Waals surface area contributed by atoms with Gasteiger partial charge in [-0.3, -0.25) is 4.68 Å². The van der Waals surface area contributed by atoms with E-state index in [1.807, 2.05) is 0 Å². The number of hydrogen-bond acceptors (Lipinski definition) is 3. The molecule has 1 heterocycles. The predicted molar refractivity (Wildman–Crippen MR) is 64.1 cm³/mol. The molecule has 0 bridgehead atoms. The summed E-state index contributed by atoms with van der Waals surface area (Å²) in [4.78, 5) is -0.130. The van der Waals surface area contributed by atoms with Gasteiger partial charge in [-0.15, -0.1) is 0 Å². The lowest BCUT2D eigenvalue weighted by Gasteiger charge is -2.05. The van der Waals surface area contributed by atoms with Gasteiger partial charge in [0.15, 0.2) is 0 Å². The second-order valence-electron chi connectivity index (χ2n) is 3.62. The molecule has 0 radical (unpaired) electrons. The molecular formula is C10H9ClFN3O2S. The van der Waals surface area contributed by atoms with E-state index in [0.717, 1.165) is 6.20 Å². The van der Waals surface area contributed by atoms with E-state index in [9.17, 15) is 12.8 Å². The number of halogens is 2. The minimum atomic E-state index is -3.80. The SMILES string of the molecule is NS(=O)(=O)c1cnn(Cc2c(F)cccc2Cl)c1. The third kappa shape index (κ3) is 2.69. The molecule has 0 aliphatic rings. The normalized spacial score (nSPS) is 11.7. The molecule has 0 fully saturated rings. The number of aromatic nitrogens is 2. The summed E-state index contributed by atoms with van der Waals surface area (Å²) in [5, 5.41) is 8.99. The smallest absolute Gasteiger partial charge is 0.241 e. The Morgan fingerprint density at radius 2 is 2.17 bits per heavy atom. The lowest BCUT2D eigenvalue weighted by molar-refractivity contribution is 0.584. The van der Waals surface area contributed by atoms with Crippen molar-refractivity contribution in [2.24, 2.45) is 5.14 Å². The van der Waals surface area contributed by atoms with Crippen LogP contribution < -0.4 is 5.14 Å². The van der Waals surface area contributed by atoms with Crippen LogP contribution in [0, 0.1) is 5.82 Å². The van der Waals surface area contributed by atoms with Crippen molar-refractivity contribution in [1.82, 2.24) is 9.78 Å². The number of hydrogen-bond donors (Lipinski definition) is 1. The summed E-state index contributed by atoms with van der Waals surface area (Å²) >= 11 is 5.85. The highest BCUT2D eigenvalue weighted by atomic mass is 35.5. The van der Waals surface area contributed by atoms with E-state index >= 15 is 0 Å². The summed E-state index contributed by atoms with van der Waals surface area (Å²) in [7, 11) is -3.80. The molecule has 0 saturated heterocycles. The van der Waals surface area contributed by atoms with E-state index in [0.29, 0.717) is 0 Å². The number of nitrogens with zero attached hydrogens (tertiary/aromatic N) is 2. The van der Waals surface area contributed by atoms with Crippen LogP contribution in [0.3, 0.4) is 0 Å². The fourth-order valence-corrected chi connectivity index (χ4v) is 2.11. The molecule has 2 rings (SSSR count). The maximum atomic E-state index is 13.5. The second kappa shape index (κ2) is 4.68. The number of nitrogens with two attached hydrogens (primary N) is 1. The van der Waals surface area contributed by atoms with Crippen LogP contribution in [0.1, 0.15) is 5.56 Å². The van der Waals surface area contributed by atoms with Gasteiger partial charge >= 0.3 is 0 Å². The highest BCUT2D eigenvalue weighted by Crippen LogP contribution is 2.20. The maximum absolute atomic E-state index is 13.5. The van der Waals surface area contributed by atoms with Crippen molar-refractivity contribution < 1.29 is 12.8 Å². The standard InChI is InChI=1S/C10H9ClFN3O2S/c11-9-2-1-3-10(12)8(9)6-15-5-7(4-14-15)18(13,16)17/h1-5H,6H2,(H2,13,16,17). The fourth-order valence-electron chi connectivity index (χ4n) is 1.42. The predicted octanol–water partition coefficient (Wildman–Crippen LogP) is 1.37. The Labute approximate surface area is 108 Å². The number of benzene rings is 1. The summed E-state index contributed by atoms with van der Waals surface area (Å²) in [6, 6.07) is 4.30. The first kappa shape index (κ1) is 13.0. The molecule has 0 spiro atoms. The maximum Gasteiger partial charge on any atom is 0.241 e. The van der Waals surface area contributed by atoms with E-state index in [1.54, 1.807) is 6.07 Å². The zero-order valence-corrected chi connectivity index (χ0v) is 10.6. The second-order valence-corrected chi connectivity index (χ2v) is 5.59. The average Bonchev–Trinajstić information content (AvgIpc) is 2.72. The van der Waals surface area contributed by atoms with Gasteiger partial charge in [0.2, 0.25) is 10.0 Å². The van der Waals surface area contributed by atoms with Gasteiger partial charge in [-0.05, 0) is 12.1 Å². The minimum absolute atomic E-state index is 0.0288. The van der Waals surface area contributed by atoms with Crippen molar-refractivity contribution in [3.8, 4) is 0 Å². The Balaban J connectivity index is 2.33. The zero-order valence-electron chi connectivity index (χ0n) is 9.05. The number of primary sulfonamides is 1. The Hall–Kier alpha value is -1.44. The Kier molecular flexibility index (Phi) is 3.38. The lowest BCUT2D eigenvalue weighted by atomic mass is 10.2. The highest BCUT2D eigenvalue weighted by molar-refractivity contribution is 7.89. The van der Waals surface area contributed by atoms with Crippen molar-refractivity contribution in [3.05, 3.63) is 47.0 Å². The first-order chi connectivity index (χ1) is 8.38. The molecule has 0 aliphatic carbocycles. The topological polar surface area (TPSA) is 78.0 Å². The van der Waals surface area contributed by atoms with Gasteiger partial charge in [0.25, 0.3) is 0 Å². The van der Waals surface area contributed by atoms with Crippen molar-refractivity contribution in [2.75, 3.05) is 0 Å². The molecule has 18 heavy (non-hydrogen) atoms. The quantitative estimate of drug-likeness (QED) is 0.927. The highest BCUT2D eigenvalue weighted by Gasteiger charge is 2.13. The Bertz CT molecular complexity index is 664. The molecule has 1 aromatic heterocycles. The first-order valence-corrected chi connectivity index (χ1v) is 6.78. The third-order valence-electron chi connectivity index (χ3n) is 2.32. The third-order valence-corrected chi connectivity index (χ3v) is 3.54. The van der Waals surface area contributed by atoms with Crippen LogP contribution in [-0.4, -0.2) is 18.2 Å². The van der Waals surface area contributed by atoms with Gasteiger partial charge in [0.05, 0.1) is 12.7 Å². The largest absolute Gasteiger partial charge is 0.267 e. The monoisotopic (exact) mass is 289 g/mol. The molecule has 2 aromatic rings. The number of rotatable bonds is 3. The molecule has 0 aliphatic heterocycles. The van der Waals surface area contributed by atoms with Gasteiger partial charge in [0, 0.05) is 16.8 Å². The van der Waals surface area contributed by atoms with E-state index in [2.05, 4.69) is 5.10 Å². The average molecular weight is 290 g/mol. The Morgan fingerprint density at radius 1 is 1.44 bits per heavy atom. The van der Waals surface area contributed by atoms with E-state index in [-0.39, 0.29) is 22.0 Å². The van der Waals surface area contributed by atoms with Crippen molar-refractivity contribution >= 4 is 21.6 Å². The Morgan fingerprint density at radius 3 is 2.72 bits per heavy atom. The van der Waals surface area contributed by atoms with Crippen molar-refractivity contribution in [3.63, 3.8) is 0 Å². The van der Waals surface area contributed by atoms with Crippen LogP contribution in [0.4, 0.5) is 4.39 Å². The minimum Gasteiger partial charge on any atom is -0.267 e. The van der Waals surface area contributed by atoms with Crippen LogP contribution >= 0.6 is 11.6 Å². The van der Waals surface area contributed by atoms with Gasteiger partial charge in [0.1, 0.15) is 10.7 Å². The van der Waals surface area contributed by atoms with E-state index in [4.69, 9.17) is 16.7 Å². The molecule has 2 N–H and O–H groups in total. The molecule has 0 saturated carbocycles. The lowest BCUT2D eigenvalue weighted by Crippen LogP contribution is -2.11. The number of sulfonamides is 1.